The Morgan fingerprint density at radius 2 is 1.77 bits per heavy atom. The molecule has 0 N–H and O–H groups in total. The number of carbonyl (C=O) groups is 1. The van der Waals surface area contributed by atoms with E-state index in [9.17, 15) is 9.18 Å². The summed E-state index contributed by atoms with van der Waals surface area (Å²) in [5.74, 6) is 0.361. The SMILES string of the molecule is CC[C@@H](Oc1ccc(Cl)cc1)C(=O)N1CCN(c2ccccc2F)CC1. The molecule has 1 heterocycles. The van der Waals surface area contributed by atoms with Gasteiger partial charge in [0.05, 0.1) is 5.69 Å². The molecule has 138 valence electrons. The third-order valence-corrected chi connectivity index (χ3v) is 4.77. The normalized spacial score (nSPS) is 15.7. The van der Waals surface area contributed by atoms with E-state index in [2.05, 4.69) is 0 Å². The summed E-state index contributed by atoms with van der Waals surface area (Å²) in [6, 6.07) is 13.7. The zero-order valence-corrected chi connectivity index (χ0v) is 15.5. The summed E-state index contributed by atoms with van der Waals surface area (Å²) < 4.78 is 19.8. The zero-order chi connectivity index (χ0) is 18.5. The summed E-state index contributed by atoms with van der Waals surface area (Å²) in [7, 11) is 0. The van der Waals surface area contributed by atoms with Crippen molar-refractivity contribution in [3.05, 3.63) is 59.4 Å². The highest BCUT2D eigenvalue weighted by atomic mass is 35.5. The van der Waals surface area contributed by atoms with Gasteiger partial charge in [0.15, 0.2) is 6.10 Å². The van der Waals surface area contributed by atoms with Crippen molar-refractivity contribution in [2.75, 3.05) is 31.1 Å². The van der Waals surface area contributed by atoms with Crippen LogP contribution in [0.5, 0.6) is 5.75 Å². The van der Waals surface area contributed by atoms with Gasteiger partial charge in [0.2, 0.25) is 0 Å². The summed E-state index contributed by atoms with van der Waals surface area (Å²) in [6.07, 6.45) is 0.0471. The van der Waals surface area contributed by atoms with E-state index in [0.29, 0.717) is 49.1 Å². The van der Waals surface area contributed by atoms with Crippen molar-refractivity contribution in [2.24, 2.45) is 0 Å². The summed E-state index contributed by atoms with van der Waals surface area (Å²) in [5.41, 5.74) is 0.587. The molecule has 6 heteroatoms. The first-order chi connectivity index (χ1) is 12.6. The largest absolute Gasteiger partial charge is 0.481 e. The summed E-state index contributed by atoms with van der Waals surface area (Å²) in [6.45, 7) is 4.23. The molecule has 2 aromatic carbocycles. The molecule has 0 bridgehead atoms. The van der Waals surface area contributed by atoms with Crippen molar-refractivity contribution in [2.45, 2.75) is 19.4 Å². The smallest absolute Gasteiger partial charge is 0.263 e. The van der Waals surface area contributed by atoms with Crippen LogP contribution < -0.4 is 9.64 Å². The summed E-state index contributed by atoms with van der Waals surface area (Å²) in [5, 5.41) is 0.626. The Balaban J connectivity index is 1.59. The van der Waals surface area contributed by atoms with Gasteiger partial charge in [-0.15, -0.1) is 0 Å². The monoisotopic (exact) mass is 376 g/mol. The van der Waals surface area contributed by atoms with E-state index >= 15 is 0 Å². The van der Waals surface area contributed by atoms with E-state index < -0.39 is 6.10 Å². The second kappa shape index (κ2) is 8.41. The van der Waals surface area contributed by atoms with Gasteiger partial charge in [-0.1, -0.05) is 30.7 Å². The number of para-hydroxylation sites is 1. The molecule has 1 amide bonds. The molecule has 3 rings (SSSR count). The molecule has 0 spiro atoms. The molecule has 1 atom stereocenters. The van der Waals surface area contributed by atoms with E-state index in [1.54, 1.807) is 41.3 Å². The second-order valence-electron chi connectivity index (χ2n) is 6.23. The third kappa shape index (κ3) is 4.28. The Labute approximate surface area is 158 Å². The van der Waals surface area contributed by atoms with Crippen molar-refractivity contribution in [1.82, 2.24) is 4.90 Å². The first-order valence-electron chi connectivity index (χ1n) is 8.79. The minimum atomic E-state index is -0.531. The topological polar surface area (TPSA) is 32.8 Å². The van der Waals surface area contributed by atoms with Crippen molar-refractivity contribution in [1.29, 1.82) is 0 Å². The standard InChI is InChI=1S/C20H22ClFN2O2/c1-2-19(26-16-9-7-15(21)8-10-16)20(25)24-13-11-23(12-14-24)18-6-4-3-5-17(18)22/h3-10,19H,2,11-14H2,1H3/t19-/m1/s1. The van der Waals surface area contributed by atoms with E-state index in [-0.39, 0.29) is 11.7 Å². The number of ether oxygens (including phenoxy) is 1. The maximum absolute atomic E-state index is 13.9. The lowest BCUT2D eigenvalue weighted by Crippen LogP contribution is -2.52. The number of rotatable bonds is 5. The molecule has 0 aliphatic carbocycles. The number of carbonyl (C=O) groups excluding carboxylic acids is 1. The summed E-state index contributed by atoms with van der Waals surface area (Å²) in [4.78, 5) is 16.6. The lowest BCUT2D eigenvalue weighted by atomic mass is 10.2. The van der Waals surface area contributed by atoms with Crippen molar-refractivity contribution in [3.8, 4) is 5.75 Å². The van der Waals surface area contributed by atoms with Crippen LogP contribution in [0.15, 0.2) is 48.5 Å². The van der Waals surface area contributed by atoms with Crippen LogP contribution in [0.4, 0.5) is 10.1 Å². The molecule has 0 unspecified atom stereocenters. The fourth-order valence-corrected chi connectivity index (χ4v) is 3.19. The van der Waals surface area contributed by atoms with E-state index in [0.717, 1.165) is 0 Å². The Hall–Kier alpha value is -2.27. The quantitative estimate of drug-likeness (QED) is 0.791. The first kappa shape index (κ1) is 18.5. The van der Waals surface area contributed by atoms with Gasteiger partial charge in [0, 0.05) is 31.2 Å². The highest BCUT2D eigenvalue weighted by Gasteiger charge is 2.28. The Kier molecular flexibility index (Phi) is 5.99. The number of anilines is 1. The molecule has 1 aliphatic heterocycles. The molecular weight excluding hydrogens is 355 g/mol. The van der Waals surface area contributed by atoms with Crippen LogP contribution in [0.2, 0.25) is 5.02 Å². The molecule has 0 radical (unpaired) electrons. The number of nitrogens with zero attached hydrogens (tertiary/aromatic N) is 2. The molecule has 1 aliphatic rings. The average molecular weight is 377 g/mol. The fraction of sp³-hybridized carbons (Fsp3) is 0.350. The van der Waals surface area contributed by atoms with E-state index in [1.807, 2.05) is 17.9 Å². The third-order valence-electron chi connectivity index (χ3n) is 4.52. The molecule has 0 saturated carbocycles. The van der Waals surface area contributed by atoms with Gasteiger partial charge in [0.25, 0.3) is 5.91 Å². The highest BCUT2D eigenvalue weighted by molar-refractivity contribution is 6.30. The Bertz CT molecular complexity index is 746. The van der Waals surface area contributed by atoms with E-state index in [4.69, 9.17) is 16.3 Å². The van der Waals surface area contributed by atoms with Gasteiger partial charge in [0.1, 0.15) is 11.6 Å². The second-order valence-corrected chi connectivity index (χ2v) is 6.67. The van der Waals surface area contributed by atoms with Crippen LogP contribution in [0.1, 0.15) is 13.3 Å². The number of hydrogen-bond acceptors (Lipinski definition) is 3. The van der Waals surface area contributed by atoms with Crippen LogP contribution >= 0.6 is 11.6 Å². The van der Waals surface area contributed by atoms with Gasteiger partial charge < -0.3 is 14.5 Å². The minimum absolute atomic E-state index is 0.0318. The van der Waals surface area contributed by atoms with Crippen molar-refractivity contribution >= 4 is 23.2 Å². The van der Waals surface area contributed by atoms with Gasteiger partial charge in [-0.05, 0) is 42.8 Å². The van der Waals surface area contributed by atoms with Crippen LogP contribution in [0.25, 0.3) is 0 Å². The number of piperazine rings is 1. The first-order valence-corrected chi connectivity index (χ1v) is 9.16. The van der Waals surface area contributed by atoms with E-state index in [1.165, 1.54) is 6.07 Å². The molecule has 1 saturated heterocycles. The van der Waals surface area contributed by atoms with Crippen LogP contribution in [-0.2, 0) is 4.79 Å². The maximum atomic E-state index is 13.9. The maximum Gasteiger partial charge on any atom is 0.263 e. The number of amides is 1. The highest BCUT2D eigenvalue weighted by Crippen LogP contribution is 2.22. The van der Waals surface area contributed by atoms with Crippen LogP contribution in [-0.4, -0.2) is 43.1 Å². The fourth-order valence-electron chi connectivity index (χ4n) is 3.07. The van der Waals surface area contributed by atoms with Gasteiger partial charge in [-0.25, -0.2) is 4.39 Å². The number of halogens is 2. The van der Waals surface area contributed by atoms with Gasteiger partial charge >= 0.3 is 0 Å². The number of benzene rings is 2. The molecular formula is C20H22ClFN2O2. The molecule has 2 aromatic rings. The predicted octanol–water partition coefficient (Wildman–Crippen LogP) is 3.99. The predicted molar refractivity (Wildman–Crippen MR) is 101 cm³/mol. The Morgan fingerprint density at radius 3 is 2.38 bits per heavy atom. The molecule has 1 fully saturated rings. The Morgan fingerprint density at radius 1 is 1.12 bits per heavy atom. The lowest BCUT2D eigenvalue weighted by molar-refractivity contribution is -0.139. The molecule has 26 heavy (non-hydrogen) atoms. The molecule has 0 aromatic heterocycles. The summed E-state index contributed by atoms with van der Waals surface area (Å²) >= 11 is 5.88. The van der Waals surface area contributed by atoms with Crippen LogP contribution in [0.3, 0.4) is 0 Å². The molecule has 4 nitrogen and oxygen atoms in total. The van der Waals surface area contributed by atoms with Gasteiger partial charge in [-0.2, -0.15) is 0 Å². The lowest BCUT2D eigenvalue weighted by Gasteiger charge is -2.37. The van der Waals surface area contributed by atoms with Crippen molar-refractivity contribution in [3.63, 3.8) is 0 Å². The minimum Gasteiger partial charge on any atom is -0.481 e. The van der Waals surface area contributed by atoms with Gasteiger partial charge in [-0.3, -0.25) is 4.79 Å². The van der Waals surface area contributed by atoms with Crippen LogP contribution in [0, 0.1) is 5.82 Å². The number of hydrogen-bond donors (Lipinski definition) is 0. The average Bonchev–Trinajstić information content (AvgIpc) is 2.67. The zero-order valence-electron chi connectivity index (χ0n) is 14.7. The van der Waals surface area contributed by atoms with Crippen molar-refractivity contribution < 1.29 is 13.9 Å².